The molecule has 0 amide bonds. The molecule has 2 aromatic rings. The molecular formula is C15H16ClNO2. The van der Waals surface area contributed by atoms with E-state index < -0.39 is 0 Å². The number of hydrogen-bond donors (Lipinski definition) is 0. The van der Waals surface area contributed by atoms with Crippen LogP contribution >= 0.6 is 11.6 Å². The van der Waals surface area contributed by atoms with Gasteiger partial charge in [-0.25, -0.2) is 0 Å². The first-order valence-corrected chi connectivity index (χ1v) is 6.54. The zero-order valence-corrected chi connectivity index (χ0v) is 11.8. The minimum Gasteiger partial charge on any atom is -0.497 e. The molecule has 0 atom stereocenters. The fourth-order valence-corrected chi connectivity index (χ4v) is 1.95. The summed E-state index contributed by atoms with van der Waals surface area (Å²) in [5.74, 6) is 1.92. The van der Waals surface area contributed by atoms with Crippen LogP contribution in [0.5, 0.6) is 11.5 Å². The highest BCUT2D eigenvalue weighted by atomic mass is 35.5. The first-order valence-electron chi connectivity index (χ1n) is 6.00. The average molecular weight is 278 g/mol. The largest absolute Gasteiger partial charge is 0.497 e. The van der Waals surface area contributed by atoms with E-state index in [4.69, 9.17) is 21.1 Å². The molecule has 0 aliphatic rings. The summed E-state index contributed by atoms with van der Waals surface area (Å²) in [6, 6.07) is 9.54. The van der Waals surface area contributed by atoms with Crippen molar-refractivity contribution in [3.8, 4) is 11.5 Å². The minimum absolute atomic E-state index is 0.383. The number of alkyl halides is 1. The van der Waals surface area contributed by atoms with Gasteiger partial charge in [0.2, 0.25) is 0 Å². The Bertz CT molecular complexity index is 558. The van der Waals surface area contributed by atoms with E-state index in [1.54, 1.807) is 13.3 Å². The SMILES string of the molecule is COc1ccc(OCc2ncccc2C)c(CCl)c1. The molecule has 1 aromatic carbocycles. The molecule has 0 fully saturated rings. The molecule has 0 spiro atoms. The fraction of sp³-hybridized carbons (Fsp3) is 0.267. The molecule has 1 heterocycles. The van der Waals surface area contributed by atoms with Crippen molar-refractivity contribution in [2.45, 2.75) is 19.4 Å². The fourth-order valence-electron chi connectivity index (χ4n) is 1.74. The number of halogens is 1. The van der Waals surface area contributed by atoms with Crippen LogP contribution in [0, 0.1) is 6.92 Å². The lowest BCUT2D eigenvalue weighted by Crippen LogP contribution is -2.02. The first kappa shape index (κ1) is 13.7. The summed E-state index contributed by atoms with van der Waals surface area (Å²) in [7, 11) is 1.63. The second kappa shape index (κ2) is 6.43. The van der Waals surface area contributed by atoms with Crippen molar-refractivity contribution in [1.29, 1.82) is 0 Å². The monoisotopic (exact) mass is 277 g/mol. The average Bonchev–Trinajstić information content (AvgIpc) is 2.46. The van der Waals surface area contributed by atoms with Crippen LogP contribution in [0.1, 0.15) is 16.8 Å². The van der Waals surface area contributed by atoms with E-state index in [1.807, 2.05) is 37.3 Å². The molecule has 0 saturated carbocycles. The Hall–Kier alpha value is -1.74. The molecule has 100 valence electrons. The zero-order chi connectivity index (χ0) is 13.7. The zero-order valence-electron chi connectivity index (χ0n) is 11.0. The van der Waals surface area contributed by atoms with Gasteiger partial charge in [0.15, 0.2) is 0 Å². The summed E-state index contributed by atoms with van der Waals surface area (Å²) < 4.78 is 11.0. The van der Waals surface area contributed by atoms with E-state index in [2.05, 4.69) is 4.98 Å². The van der Waals surface area contributed by atoms with Crippen molar-refractivity contribution < 1.29 is 9.47 Å². The van der Waals surface area contributed by atoms with Crippen LogP contribution in [0.3, 0.4) is 0 Å². The highest BCUT2D eigenvalue weighted by Gasteiger charge is 2.06. The second-order valence-electron chi connectivity index (χ2n) is 4.16. The highest BCUT2D eigenvalue weighted by Crippen LogP contribution is 2.26. The van der Waals surface area contributed by atoms with E-state index in [9.17, 15) is 0 Å². The normalized spacial score (nSPS) is 10.3. The Kier molecular flexibility index (Phi) is 4.63. The Balaban J connectivity index is 2.13. The van der Waals surface area contributed by atoms with Gasteiger partial charge in [-0.05, 0) is 36.8 Å². The van der Waals surface area contributed by atoms with Crippen molar-refractivity contribution in [1.82, 2.24) is 4.98 Å². The van der Waals surface area contributed by atoms with Gasteiger partial charge < -0.3 is 9.47 Å². The first-order chi connectivity index (χ1) is 9.24. The molecule has 2 rings (SSSR count). The van der Waals surface area contributed by atoms with Crippen molar-refractivity contribution in [3.63, 3.8) is 0 Å². The molecule has 0 saturated heterocycles. The maximum Gasteiger partial charge on any atom is 0.130 e. The topological polar surface area (TPSA) is 31.4 Å². The van der Waals surface area contributed by atoms with Crippen LogP contribution in [0.15, 0.2) is 36.5 Å². The molecular weight excluding hydrogens is 262 g/mol. The number of rotatable bonds is 5. The molecule has 0 bridgehead atoms. The lowest BCUT2D eigenvalue weighted by atomic mass is 10.2. The predicted octanol–water partition coefficient (Wildman–Crippen LogP) is 3.72. The van der Waals surface area contributed by atoms with Crippen LogP contribution in [0.2, 0.25) is 0 Å². The number of aromatic nitrogens is 1. The van der Waals surface area contributed by atoms with E-state index >= 15 is 0 Å². The van der Waals surface area contributed by atoms with Crippen LogP contribution in [-0.2, 0) is 12.5 Å². The summed E-state index contributed by atoms with van der Waals surface area (Å²) >= 11 is 5.92. The van der Waals surface area contributed by atoms with E-state index in [1.165, 1.54) is 0 Å². The summed E-state index contributed by atoms with van der Waals surface area (Å²) in [6.07, 6.45) is 1.77. The van der Waals surface area contributed by atoms with Crippen LogP contribution in [0.4, 0.5) is 0 Å². The summed E-state index contributed by atoms with van der Waals surface area (Å²) in [5.41, 5.74) is 2.96. The molecule has 3 nitrogen and oxygen atoms in total. The third kappa shape index (κ3) is 3.38. The molecule has 0 unspecified atom stereocenters. The van der Waals surface area contributed by atoms with Gasteiger partial charge in [0, 0.05) is 11.8 Å². The Morgan fingerprint density at radius 3 is 2.79 bits per heavy atom. The lowest BCUT2D eigenvalue weighted by molar-refractivity contribution is 0.297. The summed E-state index contributed by atoms with van der Waals surface area (Å²) in [4.78, 5) is 4.30. The maximum absolute atomic E-state index is 5.92. The van der Waals surface area contributed by atoms with Gasteiger partial charge in [-0.1, -0.05) is 6.07 Å². The van der Waals surface area contributed by atoms with Crippen molar-refractivity contribution in [2.24, 2.45) is 0 Å². The smallest absolute Gasteiger partial charge is 0.130 e. The predicted molar refractivity (Wildman–Crippen MR) is 75.9 cm³/mol. The van der Waals surface area contributed by atoms with Gasteiger partial charge in [0.1, 0.15) is 18.1 Å². The molecule has 4 heteroatoms. The number of nitrogens with zero attached hydrogens (tertiary/aromatic N) is 1. The molecule has 0 aliphatic carbocycles. The van der Waals surface area contributed by atoms with Gasteiger partial charge in [-0.2, -0.15) is 0 Å². The highest BCUT2D eigenvalue weighted by molar-refractivity contribution is 6.17. The van der Waals surface area contributed by atoms with E-state index in [0.717, 1.165) is 28.3 Å². The van der Waals surface area contributed by atoms with Gasteiger partial charge >= 0.3 is 0 Å². The van der Waals surface area contributed by atoms with E-state index in [0.29, 0.717) is 12.5 Å². The third-order valence-corrected chi connectivity index (χ3v) is 3.18. The van der Waals surface area contributed by atoms with Crippen molar-refractivity contribution in [3.05, 3.63) is 53.3 Å². The lowest BCUT2D eigenvalue weighted by Gasteiger charge is -2.12. The van der Waals surface area contributed by atoms with Crippen molar-refractivity contribution in [2.75, 3.05) is 7.11 Å². The van der Waals surface area contributed by atoms with Crippen LogP contribution in [0.25, 0.3) is 0 Å². The quantitative estimate of drug-likeness (QED) is 0.781. The Labute approximate surface area is 118 Å². The van der Waals surface area contributed by atoms with Crippen molar-refractivity contribution >= 4 is 11.6 Å². The number of ether oxygens (including phenoxy) is 2. The van der Waals surface area contributed by atoms with Gasteiger partial charge in [-0.15, -0.1) is 11.6 Å². The summed E-state index contributed by atoms with van der Waals surface area (Å²) in [5, 5.41) is 0. The third-order valence-electron chi connectivity index (χ3n) is 2.89. The molecule has 0 N–H and O–H groups in total. The minimum atomic E-state index is 0.383. The van der Waals surface area contributed by atoms with Gasteiger partial charge in [0.05, 0.1) is 18.7 Å². The number of aryl methyl sites for hydroxylation is 1. The molecule has 0 aliphatic heterocycles. The van der Waals surface area contributed by atoms with E-state index in [-0.39, 0.29) is 0 Å². The molecule has 1 aromatic heterocycles. The van der Waals surface area contributed by atoms with Crippen LogP contribution in [-0.4, -0.2) is 12.1 Å². The number of methoxy groups -OCH3 is 1. The summed E-state index contributed by atoms with van der Waals surface area (Å²) in [6.45, 7) is 2.45. The number of benzene rings is 1. The number of pyridine rings is 1. The molecule has 19 heavy (non-hydrogen) atoms. The van der Waals surface area contributed by atoms with Crippen LogP contribution < -0.4 is 9.47 Å². The maximum atomic E-state index is 5.92. The standard InChI is InChI=1S/C15H16ClNO2/c1-11-4-3-7-17-14(11)10-19-15-6-5-13(18-2)8-12(15)9-16/h3-8H,9-10H2,1-2H3. The van der Waals surface area contributed by atoms with Gasteiger partial charge in [-0.3, -0.25) is 4.98 Å². The van der Waals surface area contributed by atoms with Gasteiger partial charge in [0.25, 0.3) is 0 Å². The Morgan fingerprint density at radius 1 is 1.26 bits per heavy atom. The molecule has 0 radical (unpaired) electrons. The number of hydrogen-bond acceptors (Lipinski definition) is 3. The Morgan fingerprint density at radius 2 is 2.11 bits per heavy atom. The second-order valence-corrected chi connectivity index (χ2v) is 4.43.